The second-order valence-electron chi connectivity index (χ2n) is 7.40. The van der Waals surface area contributed by atoms with Crippen molar-refractivity contribution in [1.29, 1.82) is 0 Å². The normalized spacial score (nSPS) is 16.1. The highest BCUT2D eigenvalue weighted by Crippen LogP contribution is 2.41. The summed E-state index contributed by atoms with van der Waals surface area (Å²) >= 11 is 0. The zero-order valence-electron chi connectivity index (χ0n) is 14.0. The van der Waals surface area contributed by atoms with Crippen LogP contribution in [-0.2, 0) is 12.8 Å². The second kappa shape index (κ2) is 5.20. The van der Waals surface area contributed by atoms with Gasteiger partial charge in [-0.3, -0.25) is 10.1 Å². The summed E-state index contributed by atoms with van der Waals surface area (Å²) in [6.07, 6.45) is 3.15. The van der Waals surface area contributed by atoms with Crippen molar-refractivity contribution in [3.63, 3.8) is 0 Å². The Balaban J connectivity index is 2.06. The lowest BCUT2D eigenvalue weighted by atomic mass is 9.76. The van der Waals surface area contributed by atoms with Gasteiger partial charge < -0.3 is 4.57 Å². The maximum Gasteiger partial charge on any atom is 0.271 e. The van der Waals surface area contributed by atoms with Gasteiger partial charge in [-0.25, -0.2) is 0 Å². The molecular formula is C20H20N2O2. The van der Waals surface area contributed by atoms with E-state index in [1.54, 1.807) is 12.1 Å². The molecule has 0 amide bonds. The molecule has 1 aromatic heterocycles. The van der Waals surface area contributed by atoms with E-state index in [1.807, 2.05) is 24.3 Å². The van der Waals surface area contributed by atoms with Gasteiger partial charge in [-0.1, -0.05) is 32.0 Å². The summed E-state index contributed by atoms with van der Waals surface area (Å²) < 4.78 is 2.22. The monoisotopic (exact) mass is 320 g/mol. The minimum absolute atomic E-state index is 0.147. The molecule has 3 aromatic rings. The van der Waals surface area contributed by atoms with Gasteiger partial charge in [0.25, 0.3) is 5.69 Å². The van der Waals surface area contributed by atoms with Crippen LogP contribution in [0.25, 0.3) is 16.6 Å². The smallest absolute Gasteiger partial charge is 0.271 e. The summed E-state index contributed by atoms with van der Waals surface area (Å²) in [6.45, 7) is 4.59. The third-order valence-electron chi connectivity index (χ3n) is 5.09. The van der Waals surface area contributed by atoms with E-state index in [0.717, 1.165) is 35.9 Å². The third-order valence-corrected chi connectivity index (χ3v) is 5.09. The van der Waals surface area contributed by atoms with Crippen LogP contribution in [0, 0.1) is 15.5 Å². The van der Waals surface area contributed by atoms with Crippen LogP contribution < -0.4 is 0 Å². The summed E-state index contributed by atoms with van der Waals surface area (Å²) in [5.74, 6) is 0. The number of aryl methyl sites for hydroxylation is 1. The molecule has 24 heavy (non-hydrogen) atoms. The first-order valence-corrected chi connectivity index (χ1v) is 8.32. The number of rotatable bonds is 2. The van der Waals surface area contributed by atoms with E-state index in [9.17, 15) is 10.1 Å². The van der Waals surface area contributed by atoms with Crippen molar-refractivity contribution >= 4 is 16.6 Å². The van der Waals surface area contributed by atoms with Crippen LogP contribution in [0.5, 0.6) is 0 Å². The molecule has 0 fully saturated rings. The Labute approximate surface area is 140 Å². The molecule has 0 saturated heterocycles. The largest absolute Gasteiger partial charge is 0.313 e. The van der Waals surface area contributed by atoms with Crippen molar-refractivity contribution in [1.82, 2.24) is 4.57 Å². The fraction of sp³-hybridized carbons (Fsp3) is 0.300. The molecule has 2 aromatic carbocycles. The summed E-state index contributed by atoms with van der Waals surface area (Å²) in [4.78, 5) is 10.9. The number of aromatic nitrogens is 1. The Morgan fingerprint density at radius 2 is 1.88 bits per heavy atom. The van der Waals surface area contributed by atoms with Crippen molar-refractivity contribution in [2.45, 2.75) is 33.1 Å². The molecule has 0 spiro atoms. The van der Waals surface area contributed by atoms with Crippen LogP contribution >= 0.6 is 0 Å². The molecule has 4 heteroatoms. The highest BCUT2D eigenvalue weighted by atomic mass is 16.6. The number of para-hydroxylation sites is 1. The highest BCUT2D eigenvalue weighted by molar-refractivity contribution is 5.89. The van der Waals surface area contributed by atoms with Gasteiger partial charge in [0.15, 0.2) is 0 Å². The number of nitro groups is 1. The fourth-order valence-corrected chi connectivity index (χ4v) is 3.85. The van der Waals surface area contributed by atoms with Crippen molar-refractivity contribution in [2.75, 3.05) is 0 Å². The van der Waals surface area contributed by atoms with Crippen LogP contribution in [-0.4, -0.2) is 9.49 Å². The van der Waals surface area contributed by atoms with E-state index < -0.39 is 0 Å². The molecule has 0 aliphatic heterocycles. The number of non-ortho nitro benzene ring substituents is 1. The van der Waals surface area contributed by atoms with Gasteiger partial charge in [-0.15, -0.1) is 0 Å². The number of fused-ring (bicyclic) bond motifs is 3. The van der Waals surface area contributed by atoms with Crippen molar-refractivity contribution in [2.24, 2.45) is 5.41 Å². The Morgan fingerprint density at radius 3 is 2.58 bits per heavy atom. The number of hydrogen-bond donors (Lipinski definition) is 0. The van der Waals surface area contributed by atoms with Crippen LogP contribution in [0.1, 0.15) is 31.5 Å². The fourth-order valence-electron chi connectivity index (χ4n) is 3.85. The molecule has 0 saturated carbocycles. The zero-order chi connectivity index (χ0) is 16.9. The lowest BCUT2D eigenvalue weighted by Gasteiger charge is -2.30. The van der Waals surface area contributed by atoms with Gasteiger partial charge in [0.2, 0.25) is 0 Å². The van der Waals surface area contributed by atoms with Crippen LogP contribution in [0.15, 0.2) is 48.5 Å². The van der Waals surface area contributed by atoms with Gasteiger partial charge >= 0.3 is 0 Å². The molecule has 0 bridgehead atoms. The average molecular weight is 320 g/mol. The van der Waals surface area contributed by atoms with E-state index in [1.165, 1.54) is 11.3 Å². The van der Waals surface area contributed by atoms with Gasteiger partial charge in [0.1, 0.15) is 0 Å². The number of nitro benzene ring substituents is 1. The molecule has 1 aliphatic carbocycles. The Bertz CT molecular complexity index is 939. The number of hydrogen-bond acceptors (Lipinski definition) is 2. The topological polar surface area (TPSA) is 48.1 Å². The Kier molecular flexibility index (Phi) is 3.23. The maximum atomic E-state index is 11.2. The molecule has 1 aliphatic rings. The molecule has 0 atom stereocenters. The number of nitrogens with zero attached hydrogens (tertiary/aromatic N) is 2. The van der Waals surface area contributed by atoms with Crippen LogP contribution in [0.3, 0.4) is 0 Å². The predicted molar refractivity (Wildman–Crippen MR) is 95.7 cm³/mol. The molecular weight excluding hydrogens is 300 g/mol. The van der Waals surface area contributed by atoms with Crippen LogP contribution in [0.4, 0.5) is 5.69 Å². The van der Waals surface area contributed by atoms with Gasteiger partial charge in [-0.05, 0) is 48.4 Å². The first-order valence-electron chi connectivity index (χ1n) is 8.32. The lowest BCUT2D eigenvalue weighted by Crippen LogP contribution is -2.23. The quantitative estimate of drug-likeness (QED) is 0.490. The third kappa shape index (κ3) is 2.30. The van der Waals surface area contributed by atoms with Crippen LogP contribution in [0.2, 0.25) is 0 Å². The Morgan fingerprint density at radius 1 is 1.12 bits per heavy atom. The summed E-state index contributed by atoms with van der Waals surface area (Å²) in [6, 6.07) is 15.4. The highest BCUT2D eigenvalue weighted by Gasteiger charge is 2.31. The molecule has 0 unspecified atom stereocenters. The van der Waals surface area contributed by atoms with Crippen molar-refractivity contribution < 1.29 is 4.92 Å². The minimum atomic E-state index is -0.315. The molecule has 0 N–H and O–H groups in total. The predicted octanol–water partition coefficient (Wildman–Crippen LogP) is 5.05. The molecule has 0 radical (unpaired) electrons. The van der Waals surface area contributed by atoms with E-state index in [4.69, 9.17) is 0 Å². The van der Waals surface area contributed by atoms with E-state index in [-0.39, 0.29) is 16.0 Å². The van der Waals surface area contributed by atoms with Crippen molar-refractivity contribution in [3.8, 4) is 5.69 Å². The van der Waals surface area contributed by atoms with Gasteiger partial charge in [-0.2, -0.15) is 0 Å². The molecule has 4 rings (SSSR count). The molecule has 4 nitrogen and oxygen atoms in total. The number of benzene rings is 2. The average Bonchev–Trinajstić information content (AvgIpc) is 2.86. The second-order valence-corrected chi connectivity index (χ2v) is 7.40. The van der Waals surface area contributed by atoms with E-state index >= 15 is 0 Å². The van der Waals surface area contributed by atoms with Crippen molar-refractivity contribution in [3.05, 3.63) is 69.9 Å². The SMILES string of the molecule is CC1(C)CCc2c(n(-c3ccccc3)c3cc([N+](=O)[O-])ccc23)C1. The molecule has 1 heterocycles. The zero-order valence-corrected chi connectivity index (χ0v) is 14.0. The molecule has 122 valence electrons. The van der Waals surface area contributed by atoms with Gasteiger partial charge in [0, 0.05) is 28.9 Å². The summed E-state index contributed by atoms with van der Waals surface area (Å²) in [7, 11) is 0. The Hall–Kier alpha value is -2.62. The van der Waals surface area contributed by atoms with E-state index in [2.05, 4.69) is 30.5 Å². The summed E-state index contributed by atoms with van der Waals surface area (Å²) in [5.41, 5.74) is 5.06. The lowest BCUT2D eigenvalue weighted by molar-refractivity contribution is -0.384. The first-order chi connectivity index (χ1) is 11.5. The summed E-state index contributed by atoms with van der Waals surface area (Å²) in [5, 5.41) is 12.4. The minimum Gasteiger partial charge on any atom is -0.313 e. The van der Waals surface area contributed by atoms with Gasteiger partial charge in [0.05, 0.1) is 10.4 Å². The van der Waals surface area contributed by atoms with E-state index in [0.29, 0.717) is 0 Å². The maximum absolute atomic E-state index is 11.2. The standard InChI is InChI=1S/C20H20N2O2/c1-20(2)11-10-17-16-9-8-15(22(23)24)12-18(16)21(19(17)13-20)14-6-4-3-5-7-14/h3-9,12H,10-11,13H2,1-2H3. The first kappa shape index (κ1) is 14.9.